The second-order valence-electron chi connectivity index (χ2n) is 3.73. The average molecular weight is 245 g/mol. The Morgan fingerprint density at radius 2 is 2.25 bits per heavy atom. The van der Waals surface area contributed by atoms with E-state index in [0.717, 1.165) is 6.42 Å². The van der Waals surface area contributed by atoms with Crippen LogP contribution in [0.1, 0.15) is 45.0 Å². The van der Waals surface area contributed by atoms with Crippen molar-refractivity contribution in [2.45, 2.75) is 39.2 Å². The Morgan fingerprint density at radius 1 is 1.50 bits per heavy atom. The van der Waals surface area contributed by atoms with Crippen molar-refractivity contribution in [3.63, 3.8) is 0 Å². The van der Waals surface area contributed by atoms with E-state index in [1.54, 1.807) is 12.4 Å². The van der Waals surface area contributed by atoms with E-state index in [0.29, 0.717) is 18.7 Å². The highest BCUT2D eigenvalue weighted by Gasteiger charge is 2.18. The van der Waals surface area contributed by atoms with Crippen LogP contribution in [0.4, 0.5) is 0 Å². The van der Waals surface area contributed by atoms with Crippen LogP contribution in [-0.4, -0.2) is 24.1 Å². The Hall–Kier alpha value is -0.880. The van der Waals surface area contributed by atoms with Crippen molar-refractivity contribution in [3.05, 3.63) is 18.2 Å². The Bertz CT molecular complexity index is 386. The van der Waals surface area contributed by atoms with Gasteiger partial charge in [0.15, 0.2) is 0 Å². The minimum Gasteiger partial charge on any atom is -0.347 e. The van der Waals surface area contributed by atoms with Gasteiger partial charge in [0.2, 0.25) is 10.0 Å². The normalized spacial score (nSPS) is 13.9. The molecular formula is C10H19N3O2S. The van der Waals surface area contributed by atoms with Crippen molar-refractivity contribution in [1.82, 2.24) is 14.7 Å². The Morgan fingerprint density at radius 3 is 2.75 bits per heavy atom. The monoisotopic (exact) mass is 245 g/mol. The third-order valence-electron chi connectivity index (χ3n) is 2.35. The molecule has 1 aromatic heterocycles. The molecule has 92 valence electrons. The summed E-state index contributed by atoms with van der Waals surface area (Å²) >= 11 is 0. The third-order valence-corrected chi connectivity index (χ3v) is 3.82. The van der Waals surface area contributed by atoms with Crippen LogP contribution in [0.2, 0.25) is 0 Å². The first-order valence-electron chi connectivity index (χ1n) is 5.58. The number of nitrogens with one attached hydrogen (secondary N) is 2. The van der Waals surface area contributed by atoms with Crippen LogP contribution in [0.25, 0.3) is 0 Å². The molecule has 1 rings (SSSR count). The summed E-state index contributed by atoms with van der Waals surface area (Å²) in [5.74, 6) is 0.850. The van der Waals surface area contributed by atoms with Gasteiger partial charge in [-0.3, -0.25) is 0 Å². The summed E-state index contributed by atoms with van der Waals surface area (Å²) in [6, 6.07) is -0.253. The lowest BCUT2D eigenvalue weighted by Crippen LogP contribution is -2.31. The molecule has 0 aliphatic rings. The summed E-state index contributed by atoms with van der Waals surface area (Å²) in [5, 5.41) is 0. The molecule has 0 amide bonds. The van der Waals surface area contributed by atoms with Gasteiger partial charge in [0.25, 0.3) is 0 Å². The lowest BCUT2D eigenvalue weighted by molar-refractivity contribution is 0.537. The molecule has 16 heavy (non-hydrogen) atoms. The second kappa shape index (κ2) is 6.00. The smallest absolute Gasteiger partial charge is 0.212 e. The Labute approximate surface area is 96.7 Å². The third kappa shape index (κ3) is 3.94. The van der Waals surface area contributed by atoms with E-state index in [1.165, 1.54) is 0 Å². The zero-order valence-electron chi connectivity index (χ0n) is 9.73. The molecule has 2 N–H and O–H groups in total. The topological polar surface area (TPSA) is 74.8 Å². The number of aromatic amines is 1. The van der Waals surface area contributed by atoms with E-state index in [9.17, 15) is 8.42 Å². The highest BCUT2D eigenvalue weighted by atomic mass is 32.2. The molecule has 1 unspecified atom stereocenters. The van der Waals surface area contributed by atoms with Gasteiger partial charge in [-0.05, 0) is 12.8 Å². The van der Waals surface area contributed by atoms with Gasteiger partial charge < -0.3 is 4.98 Å². The molecule has 0 saturated carbocycles. The maximum Gasteiger partial charge on any atom is 0.212 e. The fourth-order valence-electron chi connectivity index (χ4n) is 1.41. The van der Waals surface area contributed by atoms with Crippen molar-refractivity contribution in [2.75, 3.05) is 5.75 Å². The van der Waals surface area contributed by atoms with Gasteiger partial charge in [-0.1, -0.05) is 20.3 Å². The molecule has 0 aromatic carbocycles. The van der Waals surface area contributed by atoms with Gasteiger partial charge >= 0.3 is 0 Å². The van der Waals surface area contributed by atoms with Gasteiger partial charge in [-0.2, -0.15) is 0 Å². The van der Waals surface area contributed by atoms with Gasteiger partial charge in [0, 0.05) is 12.4 Å². The molecule has 1 atom stereocenters. The quantitative estimate of drug-likeness (QED) is 0.766. The molecule has 6 heteroatoms. The Balaban J connectivity index is 2.63. The lowest BCUT2D eigenvalue weighted by Gasteiger charge is -2.14. The number of imidazole rings is 1. The van der Waals surface area contributed by atoms with E-state index >= 15 is 0 Å². The highest BCUT2D eigenvalue weighted by molar-refractivity contribution is 7.89. The van der Waals surface area contributed by atoms with Crippen LogP contribution in [0, 0.1) is 0 Å². The Kier molecular flexibility index (Phi) is 4.95. The minimum absolute atomic E-state index is 0.181. The molecule has 0 spiro atoms. The van der Waals surface area contributed by atoms with E-state index < -0.39 is 10.0 Å². The molecule has 0 aliphatic heterocycles. The number of unbranched alkanes of at least 4 members (excludes halogenated alkanes) is 1. The van der Waals surface area contributed by atoms with Crippen LogP contribution in [0.5, 0.6) is 0 Å². The first-order valence-corrected chi connectivity index (χ1v) is 7.23. The van der Waals surface area contributed by atoms with Crippen LogP contribution in [0.15, 0.2) is 12.4 Å². The number of rotatable bonds is 7. The van der Waals surface area contributed by atoms with Gasteiger partial charge in [-0.25, -0.2) is 18.1 Å². The molecule has 0 bridgehead atoms. The SMILES string of the molecule is CCCCS(=O)(=O)NC(CC)c1ncc[nH]1. The molecule has 0 saturated heterocycles. The fraction of sp³-hybridized carbons (Fsp3) is 0.700. The number of H-pyrrole nitrogens is 1. The van der Waals surface area contributed by atoms with Crippen LogP contribution >= 0.6 is 0 Å². The van der Waals surface area contributed by atoms with Crippen molar-refractivity contribution in [3.8, 4) is 0 Å². The summed E-state index contributed by atoms with van der Waals surface area (Å²) in [7, 11) is -3.19. The molecule has 0 radical (unpaired) electrons. The van der Waals surface area contributed by atoms with Gasteiger partial charge in [0.1, 0.15) is 5.82 Å². The average Bonchev–Trinajstić information content (AvgIpc) is 2.76. The molecule has 1 heterocycles. The maximum absolute atomic E-state index is 11.7. The van der Waals surface area contributed by atoms with E-state index in [1.807, 2.05) is 13.8 Å². The summed E-state index contributed by atoms with van der Waals surface area (Å²) in [4.78, 5) is 7.00. The van der Waals surface area contributed by atoms with Crippen LogP contribution in [0.3, 0.4) is 0 Å². The lowest BCUT2D eigenvalue weighted by atomic mass is 10.2. The van der Waals surface area contributed by atoms with Crippen LogP contribution < -0.4 is 4.72 Å². The van der Waals surface area contributed by atoms with Crippen molar-refractivity contribution < 1.29 is 8.42 Å². The maximum atomic E-state index is 11.7. The standard InChI is InChI=1S/C10H19N3O2S/c1-3-5-8-16(14,15)13-9(4-2)10-11-6-7-12-10/h6-7,9,13H,3-5,8H2,1-2H3,(H,11,12). The first kappa shape index (κ1) is 13.2. The molecule has 0 aliphatic carbocycles. The number of nitrogens with zero attached hydrogens (tertiary/aromatic N) is 1. The molecule has 1 aromatic rings. The number of sulfonamides is 1. The highest BCUT2D eigenvalue weighted by Crippen LogP contribution is 2.13. The summed E-state index contributed by atoms with van der Waals surface area (Å²) in [5.41, 5.74) is 0. The molecule has 0 fully saturated rings. The molecule has 5 nitrogen and oxygen atoms in total. The first-order chi connectivity index (χ1) is 7.59. The van der Waals surface area contributed by atoms with E-state index in [4.69, 9.17) is 0 Å². The zero-order chi connectivity index (χ0) is 12.0. The van der Waals surface area contributed by atoms with E-state index in [2.05, 4.69) is 14.7 Å². The van der Waals surface area contributed by atoms with Crippen molar-refractivity contribution in [1.29, 1.82) is 0 Å². The number of aromatic nitrogens is 2. The van der Waals surface area contributed by atoms with Crippen molar-refractivity contribution >= 4 is 10.0 Å². The van der Waals surface area contributed by atoms with Crippen molar-refractivity contribution in [2.24, 2.45) is 0 Å². The summed E-state index contributed by atoms with van der Waals surface area (Å²) in [6.07, 6.45) is 5.55. The predicted molar refractivity (Wildman–Crippen MR) is 63.5 cm³/mol. The number of hydrogen-bond donors (Lipinski definition) is 2. The summed E-state index contributed by atoms with van der Waals surface area (Å²) in [6.45, 7) is 3.90. The number of hydrogen-bond acceptors (Lipinski definition) is 3. The van der Waals surface area contributed by atoms with Gasteiger partial charge in [0.05, 0.1) is 11.8 Å². The largest absolute Gasteiger partial charge is 0.347 e. The minimum atomic E-state index is -3.19. The van der Waals surface area contributed by atoms with Crippen LogP contribution in [-0.2, 0) is 10.0 Å². The zero-order valence-corrected chi connectivity index (χ0v) is 10.5. The summed E-state index contributed by atoms with van der Waals surface area (Å²) < 4.78 is 26.1. The predicted octanol–water partition coefficient (Wildman–Crippen LogP) is 1.58. The van der Waals surface area contributed by atoms with Gasteiger partial charge in [-0.15, -0.1) is 0 Å². The van der Waals surface area contributed by atoms with E-state index in [-0.39, 0.29) is 11.8 Å². The fourth-order valence-corrected chi connectivity index (χ4v) is 2.91. The second-order valence-corrected chi connectivity index (χ2v) is 5.60. The molecular weight excluding hydrogens is 226 g/mol.